The van der Waals surface area contributed by atoms with Gasteiger partial charge in [-0.05, 0) is 36.3 Å². The molecule has 3 atom stereocenters. The predicted molar refractivity (Wildman–Crippen MR) is 60.2 cm³/mol. The molecular weight excluding hydrogens is 281 g/mol. The quantitative estimate of drug-likeness (QED) is 0.532. The van der Waals surface area contributed by atoms with Crippen LogP contribution in [-0.4, -0.2) is 4.83 Å². The summed E-state index contributed by atoms with van der Waals surface area (Å²) in [5.41, 5.74) is 0.299. The lowest BCUT2D eigenvalue weighted by atomic mass is 9.90. The van der Waals surface area contributed by atoms with Crippen LogP contribution in [0.2, 0.25) is 0 Å². The zero-order valence-corrected chi connectivity index (χ0v) is 10.4. The van der Waals surface area contributed by atoms with E-state index in [1.54, 1.807) is 0 Å². The first-order chi connectivity index (χ1) is 7.52. The maximum atomic E-state index is 13.6. The summed E-state index contributed by atoms with van der Waals surface area (Å²) in [4.78, 5) is 0.324. The zero-order valence-electron chi connectivity index (χ0n) is 8.81. The van der Waals surface area contributed by atoms with E-state index in [-0.39, 0.29) is 11.8 Å². The molecule has 0 saturated heterocycles. The highest BCUT2D eigenvalue weighted by Crippen LogP contribution is 2.43. The molecular formula is C12H12BrF3. The molecule has 0 heterocycles. The molecule has 0 aliphatic heterocycles. The van der Waals surface area contributed by atoms with Gasteiger partial charge in [0.05, 0.1) is 0 Å². The Balaban J connectivity index is 2.38. The third-order valence-corrected chi connectivity index (χ3v) is 4.71. The summed E-state index contributed by atoms with van der Waals surface area (Å²) < 4.78 is 39.5. The van der Waals surface area contributed by atoms with Crippen LogP contribution in [0.5, 0.6) is 0 Å². The van der Waals surface area contributed by atoms with Gasteiger partial charge in [0.1, 0.15) is 0 Å². The average molecular weight is 293 g/mol. The van der Waals surface area contributed by atoms with Crippen molar-refractivity contribution < 1.29 is 13.2 Å². The van der Waals surface area contributed by atoms with Crippen molar-refractivity contribution in [2.45, 2.75) is 30.5 Å². The number of rotatable bonds is 1. The lowest BCUT2D eigenvalue weighted by Gasteiger charge is -2.18. The first-order valence-corrected chi connectivity index (χ1v) is 6.21. The van der Waals surface area contributed by atoms with Crippen LogP contribution in [0.4, 0.5) is 13.2 Å². The minimum atomic E-state index is -1.36. The Hall–Kier alpha value is -0.510. The smallest absolute Gasteiger partial charge is 0.194 e. The Kier molecular flexibility index (Phi) is 3.29. The van der Waals surface area contributed by atoms with Crippen molar-refractivity contribution in [1.82, 2.24) is 0 Å². The fraction of sp³-hybridized carbons (Fsp3) is 0.500. The normalized spacial score (nSPS) is 29.7. The largest absolute Gasteiger partial charge is 0.204 e. The topological polar surface area (TPSA) is 0 Å². The Morgan fingerprint density at radius 3 is 2.38 bits per heavy atom. The molecule has 3 unspecified atom stereocenters. The summed E-state index contributed by atoms with van der Waals surface area (Å²) in [6.07, 6.45) is 1.74. The minimum absolute atomic E-state index is 0.0283. The lowest BCUT2D eigenvalue weighted by Crippen LogP contribution is -2.11. The van der Waals surface area contributed by atoms with E-state index in [1.807, 2.05) is 6.92 Å². The molecule has 0 spiro atoms. The van der Waals surface area contributed by atoms with Gasteiger partial charge in [0.2, 0.25) is 0 Å². The third-order valence-electron chi connectivity index (χ3n) is 3.42. The standard InChI is InChI=1S/C12H12BrF3/c1-6-7(2-4-9(6)13)8-3-5-10(14)12(16)11(8)15/h3,5-7,9H,2,4H2,1H3. The zero-order chi connectivity index (χ0) is 11.9. The second-order valence-electron chi connectivity index (χ2n) is 4.32. The monoisotopic (exact) mass is 292 g/mol. The Morgan fingerprint density at radius 1 is 1.12 bits per heavy atom. The van der Waals surface area contributed by atoms with Gasteiger partial charge in [-0.3, -0.25) is 0 Å². The van der Waals surface area contributed by atoms with Crippen LogP contribution in [0, 0.1) is 23.4 Å². The van der Waals surface area contributed by atoms with Gasteiger partial charge in [0.25, 0.3) is 0 Å². The van der Waals surface area contributed by atoms with E-state index in [9.17, 15) is 13.2 Å². The van der Waals surface area contributed by atoms with E-state index in [0.717, 1.165) is 18.9 Å². The van der Waals surface area contributed by atoms with E-state index >= 15 is 0 Å². The van der Waals surface area contributed by atoms with E-state index in [1.165, 1.54) is 6.07 Å². The van der Waals surface area contributed by atoms with Crippen LogP contribution < -0.4 is 0 Å². The molecule has 0 bridgehead atoms. The van der Waals surface area contributed by atoms with E-state index in [0.29, 0.717) is 10.4 Å². The van der Waals surface area contributed by atoms with Crippen LogP contribution in [0.25, 0.3) is 0 Å². The van der Waals surface area contributed by atoms with E-state index in [4.69, 9.17) is 0 Å². The number of benzene rings is 1. The number of halogens is 4. The molecule has 1 saturated carbocycles. The fourth-order valence-corrected chi connectivity index (χ4v) is 3.02. The van der Waals surface area contributed by atoms with Crippen molar-refractivity contribution in [3.63, 3.8) is 0 Å². The summed E-state index contributed by atoms with van der Waals surface area (Å²) in [6, 6.07) is 2.36. The molecule has 1 aromatic carbocycles. The van der Waals surface area contributed by atoms with Crippen LogP contribution in [-0.2, 0) is 0 Å². The molecule has 1 aromatic rings. The lowest BCUT2D eigenvalue weighted by molar-refractivity contribution is 0.425. The van der Waals surface area contributed by atoms with Crippen molar-refractivity contribution in [3.05, 3.63) is 35.1 Å². The predicted octanol–water partition coefficient (Wildman–Crippen LogP) is 4.38. The number of hydrogen-bond donors (Lipinski definition) is 0. The molecule has 16 heavy (non-hydrogen) atoms. The van der Waals surface area contributed by atoms with Gasteiger partial charge in [0.15, 0.2) is 17.5 Å². The fourth-order valence-electron chi connectivity index (χ4n) is 2.38. The van der Waals surface area contributed by atoms with E-state index < -0.39 is 17.5 Å². The Labute approximate surface area is 101 Å². The first kappa shape index (κ1) is 12.0. The Bertz CT molecular complexity index is 405. The molecule has 1 aliphatic rings. The van der Waals surface area contributed by atoms with Gasteiger partial charge < -0.3 is 0 Å². The minimum Gasteiger partial charge on any atom is -0.204 e. The summed E-state index contributed by atoms with van der Waals surface area (Å²) in [6.45, 7) is 2.00. The molecule has 1 aliphatic carbocycles. The van der Waals surface area contributed by atoms with Crippen LogP contribution in [0.3, 0.4) is 0 Å². The van der Waals surface area contributed by atoms with Crippen LogP contribution >= 0.6 is 15.9 Å². The van der Waals surface area contributed by atoms with Gasteiger partial charge >= 0.3 is 0 Å². The third kappa shape index (κ3) is 1.88. The number of alkyl halides is 1. The van der Waals surface area contributed by atoms with Crippen molar-refractivity contribution >= 4 is 15.9 Å². The highest BCUT2D eigenvalue weighted by molar-refractivity contribution is 9.09. The molecule has 0 N–H and O–H groups in total. The van der Waals surface area contributed by atoms with Crippen LogP contribution in [0.1, 0.15) is 31.2 Å². The average Bonchev–Trinajstić information content (AvgIpc) is 2.58. The maximum absolute atomic E-state index is 13.6. The molecule has 88 valence electrons. The summed E-state index contributed by atoms with van der Waals surface area (Å²) in [7, 11) is 0. The first-order valence-electron chi connectivity index (χ1n) is 5.30. The van der Waals surface area contributed by atoms with Gasteiger partial charge in [-0.2, -0.15) is 0 Å². The van der Waals surface area contributed by atoms with Gasteiger partial charge in [-0.25, -0.2) is 13.2 Å². The summed E-state index contributed by atoms with van der Waals surface area (Å²) in [5.74, 6) is -3.30. The molecule has 0 radical (unpaired) electrons. The molecule has 4 heteroatoms. The second-order valence-corrected chi connectivity index (χ2v) is 5.50. The van der Waals surface area contributed by atoms with Gasteiger partial charge in [0, 0.05) is 4.83 Å². The highest BCUT2D eigenvalue weighted by atomic mass is 79.9. The van der Waals surface area contributed by atoms with Gasteiger partial charge in [-0.15, -0.1) is 0 Å². The SMILES string of the molecule is CC1C(Br)CCC1c1ccc(F)c(F)c1F. The molecule has 1 fully saturated rings. The van der Waals surface area contributed by atoms with E-state index in [2.05, 4.69) is 15.9 Å². The summed E-state index contributed by atoms with van der Waals surface area (Å²) in [5, 5.41) is 0. The molecule has 0 amide bonds. The Morgan fingerprint density at radius 2 is 1.81 bits per heavy atom. The molecule has 0 aromatic heterocycles. The van der Waals surface area contributed by atoms with Crippen molar-refractivity contribution in [2.24, 2.45) is 5.92 Å². The van der Waals surface area contributed by atoms with Crippen LogP contribution in [0.15, 0.2) is 12.1 Å². The van der Waals surface area contributed by atoms with Crippen molar-refractivity contribution in [3.8, 4) is 0 Å². The maximum Gasteiger partial charge on any atom is 0.194 e. The van der Waals surface area contributed by atoms with Crippen molar-refractivity contribution in [2.75, 3.05) is 0 Å². The van der Waals surface area contributed by atoms with Gasteiger partial charge in [-0.1, -0.05) is 28.9 Å². The van der Waals surface area contributed by atoms with Crippen molar-refractivity contribution in [1.29, 1.82) is 0 Å². The molecule has 2 rings (SSSR count). The highest BCUT2D eigenvalue weighted by Gasteiger charge is 2.34. The second kappa shape index (κ2) is 4.40. The summed E-state index contributed by atoms with van der Waals surface area (Å²) >= 11 is 3.51. The number of hydrogen-bond acceptors (Lipinski definition) is 0. The molecule has 0 nitrogen and oxygen atoms in total.